The van der Waals surface area contributed by atoms with Crippen LogP contribution in [0.5, 0.6) is 0 Å². The average molecular weight is 718 g/mol. The van der Waals surface area contributed by atoms with E-state index in [-0.39, 0.29) is 25.4 Å². The van der Waals surface area contributed by atoms with E-state index < -0.39 is 70.8 Å². The molecule has 0 unspecified atom stereocenters. The fraction of sp³-hybridized carbons (Fsp3) is 0.537. The molecule has 4 N–H and O–H groups in total. The van der Waals surface area contributed by atoms with Crippen LogP contribution in [0.2, 0.25) is 0 Å². The summed E-state index contributed by atoms with van der Waals surface area (Å²) in [4.78, 5) is 39.7. The Morgan fingerprint density at radius 3 is 2.46 bits per heavy atom. The zero-order valence-electron chi connectivity index (χ0n) is 30.6. The second-order valence-corrected chi connectivity index (χ2v) is 17.0. The van der Waals surface area contributed by atoms with Gasteiger partial charge in [-0.05, 0) is 74.3 Å². The maximum absolute atomic E-state index is 17.9. The van der Waals surface area contributed by atoms with E-state index in [0.29, 0.717) is 52.6 Å². The van der Waals surface area contributed by atoms with Gasteiger partial charge in [-0.25, -0.2) is 9.18 Å². The highest BCUT2D eigenvalue weighted by atomic mass is 19.1. The van der Waals surface area contributed by atoms with Gasteiger partial charge in [-0.3, -0.25) is 9.59 Å². The second-order valence-electron chi connectivity index (χ2n) is 17.0. The number of likely N-dealkylation sites (N-methyl/N-ethyl adjacent to an activating group) is 1. The Kier molecular flexibility index (Phi) is 8.94. The summed E-state index contributed by atoms with van der Waals surface area (Å²) in [5.74, 6) is -2.25. The van der Waals surface area contributed by atoms with E-state index in [0.717, 1.165) is 11.1 Å². The first-order valence-electron chi connectivity index (χ1n) is 18.2. The number of esters is 1. The number of allylic oxidation sites excluding steroid dienone is 4. The number of aliphatic hydroxyl groups is 2. The lowest BCUT2D eigenvalue weighted by Gasteiger charge is -2.62. The summed E-state index contributed by atoms with van der Waals surface area (Å²) in [6, 6.07) is 13.3. The van der Waals surface area contributed by atoms with E-state index in [9.17, 15) is 24.6 Å². The van der Waals surface area contributed by atoms with Gasteiger partial charge in [0.15, 0.2) is 36.5 Å². The van der Waals surface area contributed by atoms with Crippen molar-refractivity contribution < 1.29 is 47.7 Å². The highest BCUT2D eigenvalue weighted by molar-refractivity contribution is 6.01. The molecule has 0 amide bonds. The number of halogens is 1. The Morgan fingerprint density at radius 1 is 1.08 bits per heavy atom. The molecule has 5 aliphatic rings. The van der Waals surface area contributed by atoms with Crippen LogP contribution in [0.4, 0.5) is 10.1 Å². The first-order valence-corrected chi connectivity index (χ1v) is 18.2. The summed E-state index contributed by atoms with van der Waals surface area (Å²) >= 11 is 0. The van der Waals surface area contributed by atoms with Gasteiger partial charge in [0.05, 0.1) is 40.0 Å². The molecule has 4 aliphatic carbocycles. The summed E-state index contributed by atoms with van der Waals surface area (Å²) < 4.78 is 37.2. The highest BCUT2D eigenvalue weighted by Crippen LogP contribution is 2.72. The molecule has 2 aromatic carbocycles. The molecule has 2 aromatic rings. The molecule has 0 spiro atoms. The molecule has 0 aromatic heterocycles. The number of ether oxygens (including phenoxy) is 3. The van der Waals surface area contributed by atoms with Crippen LogP contribution in [-0.4, -0.2) is 90.0 Å². The SMILES string of the molecule is C[C@]12C=CC(=O)C=C1CC[C@H]1[C@@H]3C[C@H]4O[C@@H](c5ccc(Cc6ccc(CO)c(N)c6)cc5)O[C@@]4(C(=O)COC(=O)C[N+](C)(C)C)[C@@]3(C)C[C@H](O)[C@@]12F. The number of anilines is 1. The van der Waals surface area contributed by atoms with Crippen molar-refractivity contribution in [2.75, 3.05) is 40.0 Å². The van der Waals surface area contributed by atoms with Crippen LogP contribution in [-0.2, 0) is 41.6 Å². The lowest BCUT2D eigenvalue weighted by atomic mass is 9.44. The number of carbonyl (C=O) groups excluding carboxylic acids is 3. The van der Waals surface area contributed by atoms with E-state index in [1.165, 1.54) is 12.2 Å². The number of Topliss-reactive ketones (excluding diaryl/α,β-unsaturated/α-hetero) is 1. The van der Waals surface area contributed by atoms with Gasteiger partial charge in [-0.15, -0.1) is 0 Å². The largest absolute Gasteiger partial charge is 0.453 e. The molecule has 1 heterocycles. The molecular formula is C41H50FN2O8+. The molecular weight excluding hydrogens is 667 g/mol. The number of quaternary nitrogens is 1. The first-order chi connectivity index (χ1) is 24.4. The molecule has 0 radical (unpaired) electrons. The predicted octanol–water partition coefficient (Wildman–Crippen LogP) is 4.30. The van der Waals surface area contributed by atoms with Gasteiger partial charge in [-0.1, -0.05) is 55.0 Å². The fourth-order valence-electron chi connectivity index (χ4n) is 10.2. The molecule has 278 valence electrons. The van der Waals surface area contributed by atoms with Gasteiger partial charge in [0.2, 0.25) is 5.78 Å². The fourth-order valence-corrected chi connectivity index (χ4v) is 10.2. The molecule has 1 aliphatic heterocycles. The predicted molar refractivity (Wildman–Crippen MR) is 190 cm³/mol. The highest BCUT2D eigenvalue weighted by Gasteiger charge is 2.79. The number of carbonyl (C=O) groups is 3. The van der Waals surface area contributed by atoms with Gasteiger partial charge in [-0.2, -0.15) is 0 Å². The zero-order valence-corrected chi connectivity index (χ0v) is 30.6. The quantitative estimate of drug-likeness (QED) is 0.196. The van der Waals surface area contributed by atoms with Crippen LogP contribution in [0.1, 0.15) is 68.1 Å². The summed E-state index contributed by atoms with van der Waals surface area (Å²) in [6.45, 7) is 3.04. The average Bonchev–Trinajstić information content (AvgIpc) is 3.57. The molecule has 11 heteroatoms. The zero-order chi connectivity index (χ0) is 37.4. The molecule has 1 saturated heterocycles. The van der Waals surface area contributed by atoms with Crippen LogP contribution in [0.3, 0.4) is 0 Å². The third-order valence-electron chi connectivity index (χ3n) is 12.8. The molecule has 4 fully saturated rings. The third-order valence-corrected chi connectivity index (χ3v) is 12.8. The Balaban J connectivity index is 1.19. The van der Waals surface area contributed by atoms with Gasteiger partial charge in [0.25, 0.3) is 0 Å². The maximum atomic E-state index is 17.9. The van der Waals surface area contributed by atoms with E-state index in [1.807, 2.05) is 70.5 Å². The number of ketones is 2. The number of fused-ring (bicyclic) bond motifs is 7. The molecule has 9 atom stereocenters. The number of nitrogens with two attached hydrogens (primary N) is 1. The van der Waals surface area contributed by atoms with E-state index in [4.69, 9.17) is 19.9 Å². The van der Waals surface area contributed by atoms with Crippen molar-refractivity contribution in [3.05, 3.63) is 88.5 Å². The summed E-state index contributed by atoms with van der Waals surface area (Å²) in [5.41, 5.74) is 4.69. The van der Waals surface area contributed by atoms with Crippen LogP contribution in [0, 0.1) is 22.7 Å². The Bertz CT molecular complexity index is 1850. The topological polar surface area (TPSA) is 145 Å². The van der Waals surface area contributed by atoms with Crippen molar-refractivity contribution in [3.63, 3.8) is 0 Å². The molecule has 3 saturated carbocycles. The summed E-state index contributed by atoms with van der Waals surface area (Å²) in [5, 5.41) is 21.4. The number of aliphatic hydroxyl groups excluding tert-OH is 2. The van der Waals surface area contributed by atoms with Gasteiger partial charge < -0.3 is 34.6 Å². The molecule has 10 nitrogen and oxygen atoms in total. The smallest absolute Gasteiger partial charge is 0.362 e. The van der Waals surface area contributed by atoms with Crippen LogP contribution in [0.15, 0.2) is 66.3 Å². The van der Waals surface area contributed by atoms with Crippen LogP contribution in [0.25, 0.3) is 0 Å². The van der Waals surface area contributed by atoms with Crippen molar-refractivity contribution in [3.8, 4) is 0 Å². The number of nitrogens with zero attached hydrogens (tertiary/aromatic N) is 1. The molecule has 0 bridgehead atoms. The van der Waals surface area contributed by atoms with Gasteiger partial charge in [0, 0.05) is 33.6 Å². The minimum atomic E-state index is -2.09. The third kappa shape index (κ3) is 5.58. The van der Waals surface area contributed by atoms with Crippen molar-refractivity contribution >= 4 is 23.2 Å². The van der Waals surface area contributed by atoms with E-state index in [2.05, 4.69) is 0 Å². The molecule has 7 rings (SSSR count). The number of rotatable bonds is 9. The number of nitrogen functional groups attached to an aromatic ring is 1. The maximum Gasteiger partial charge on any atom is 0.362 e. The Hall–Kier alpha value is -3.74. The van der Waals surface area contributed by atoms with Crippen molar-refractivity contribution in [1.29, 1.82) is 0 Å². The van der Waals surface area contributed by atoms with E-state index in [1.54, 1.807) is 13.0 Å². The molecule has 52 heavy (non-hydrogen) atoms. The summed E-state index contributed by atoms with van der Waals surface area (Å²) in [6.07, 6.45) is 3.03. The Labute approximate surface area is 304 Å². The Morgan fingerprint density at radius 2 is 1.79 bits per heavy atom. The van der Waals surface area contributed by atoms with Gasteiger partial charge >= 0.3 is 5.97 Å². The van der Waals surface area contributed by atoms with Crippen LogP contribution >= 0.6 is 0 Å². The van der Waals surface area contributed by atoms with E-state index >= 15 is 4.39 Å². The normalized spacial score (nSPS) is 36.3. The minimum absolute atomic E-state index is 0.0592. The first kappa shape index (κ1) is 36.6. The number of alkyl halides is 1. The lowest BCUT2D eigenvalue weighted by molar-refractivity contribution is -0.862. The minimum Gasteiger partial charge on any atom is -0.453 e. The number of hydrogen-bond acceptors (Lipinski definition) is 9. The van der Waals surface area contributed by atoms with Crippen LogP contribution < -0.4 is 5.73 Å². The van der Waals surface area contributed by atoms with Crippen molar-refractivity contribution in [1.82, 2.24) is 0 Å². The van der Waals surface area contributed by atoms with Crippen molar-refractivity contribution in [2.45, 2.75) is 82.3 Å². The van der Waals surface area contributed by atoms with Gasteiger partial charge in [0.1, 0.15) is 0 Å². The number of hydrogen-bond donors (Lipinski definition) is 3. The second kappa shape index (κ2) is 12.7. The van der Waals surface area contributed by atoms with Crippen molar-refractivity contribution in [2.24, 2.45) is 22.7 Å². The number of benzene rings is 2. The summed E-state index contributed by atoms with van der Waals surface area (Å²) in [7, 11) is 5.55. The lowest BCUT2D eigenvalue weighted by Crippen LogP contribution is -2.69. The standard InChI is InChI=1S/C41H50FN2O8/c1-38-15-14-29(46)18-28(38)12-13-30-31-19-35-41(39(31,2)20-33(47)40(30,38)42,34(48)23-50-36(49)21-44(3,4)5)52-37(51-35)26-9-6-24(7-10-26)16-25-8-11-27(22-45)32(43)17-25/h6-11,14-15,17-18,30-31,33,35,37,45,47H,12-13,16,19-23,43H2,1-5H3/q+1/t30-,31-,33-,35+,37+,38-,39-,40-,41+/m0/s1. The monoisotopic (exact) mass is 717 g/mol.